The molecule has 0 aliphatic carbocycles. The monoisotopic (exact) mass is 286 g/mol. The second-order valence-electron chi connectivity index (χ2n) is 4.68. The van der Waals surface area contributed by atoms with E-state index in [1.165, 1.54) is 12.3 Å². The molecule has 0 atom stereocenters. The molecule has 0 aromatic carbocycles. The van der Waals surface area contributed by atoms with Crippen LogP contribution in [0.1, 0.15) is 36.3 Å². The molecule has 0 fully saturated rings. The van der Waals surface area contributed by atoms with Crippen molar-refractivity contribution in [1.29, 1.82) is 0 Å². The third kappa shape index (κ3) is 5.80. The average molecular weight is 286 g/mol. The van der Waals surface area contributed by atoms with Gasteiger partial charge in [-0.3, -0.25) is 0 Å². The van der Waals surface area contributed by atoms with Crippen LogP contribution in [0.25, 0.3) is 0 Å². The molecule has 0 unspecified atom stereocenters. The zero-order valence-corrected chi connectivity index (χ0v) is 11.8. The van der Waals surface area contributed by atoms with E-state index in [1.807, 2.05) is 13.8 Å². The molecule has 0 spiro atoms. The Kier molecular flexibility index (Phi) is 5.44. The molecule has 0 aliphatic rings. The molecule has 106 valence electrons. The van der Waals surface area contributed by atoms with E-state index >= 15 is 0 Å². The molecule has 1 aromatic heterocycles. The standard InChI is InChI=1S/C12H18N2O4S/c1-9(2)5-6-19(17,18)14-8-10-3-4-11(12(15)16)13-7-10/h3-4,7,9,14H,5-6,8H2,1-2H3,(H,15,16). The van der Waals surface area contributed by atoms with Crippen molar-refractivity contribution < 1.29 is 18.3 Å². The molecule has 0 amide bonds. The number of hydrogen-bond donors (Lipinski definition) is 2. The number of hydrogen-bond acceptors (Lipinski definition) is 4. The average Bonchev–Trinajstić information content (AvgIpc) is 2.35. The number of sulfonamides is 1. The van der Waals surface area contributed by atoms with Gasteiger partial charge in [-0.15, -0.1) is 0 Å². The van der Waals surface area contributed by atoms with Crippen molar-refractivity contribution in [2.45, 2.75) is 26.8 Å². The summed E-state index contributed by atoms with van der Waals surface area (Å²) in [7, 11) is -3.30. The molecule has 19 heavy (non-hydrogen) atoms. The molecule has 7 heteroatoms. The van der Waals surface area contributed by atoms with E-state index in [0.29, 0.717) is 17.9 Å². The van der Waals surface area contributed by atoms with E-state index in [4.69, 9.17) is 5.11 Å². The number of nitrogens with one attached hydrogen (secondary N) is 1. The number of carbonyl (C=O) groups is 1. The van der Waals surface area contributed by atoms with Gasteiger partial charge in [-0.05, 0) is 24.0 Å². The molecule has 0 radical (unpaired) electrons. The van der Waals surface area contributed by atoms with Gasteiger partial charge in [0.1, 0.15) is 5.69 Å². The molecular weight excluding hydrogens is 268 g/mol. The summed E-state index contributed by atoms with van der Waals surface area (Å²) in [5.41, 5.74) is 0.560. The maximum absolute atomic E-state index is 11.7. The highest BCUT2D eigenvalue weighted by Crippen LogP contribution is 2.04. The smallest absolute Gasteiger partial charge is 0.354 e. The lowest BCUT2D eigenvalue weighted by atomic mass is 10.2. The lowest BCUT2D eigenvalue weighted by Crippen LogP contribution is -2.26. The molecule has 1 aromatic rings. The fourth-order valence-corrected chi connectivity index (χ4v) is 2.62. The Morgan fingerprint density at radius 2 is 2.11 bits per heavy atom. The molecule has 0 saturated heterocycles. The molecule has 1 rings (SSSR count). The summed E-state index contributed by atoms with van der Waals surface area (Å²) in [5, 5.41) is 8.68. The SMILES string of the molecule is CC(C)CCS(=O)(=O)NCc1ccc(C(=O)O)nc1. The van der Waals surface area contributed by atoms with Gasteiger partial charge in [-0.25, -0.2) is 22.9 Å². The minimum absolute atomic E-state index is 0.0635. The van der Waals surface area contributed by atoms with E-state index in [2.05, 4.69) is 9.71 Å². The number of aromatic carboxylic acids is 1. The van der Waals surface area contributed by atoms with Gasteiger partial charge >= 0.3 is 5.97 Å². The number of nitrogens with zero attached hydrogens (tertiary/aromatic N) is 1. The summed E-state index contributed by atoms with van der Waals surface area (Å²) in [6, 6.07) is 2.89. The van der Waals surface area contributed by atoms with Crippen LogP contribution >= 0.6 is 0 Å². The lowest BCUT2D eigenvalue weighted by Gasteiger charge is -2.08. The van der Waals surface area contributed by atoms with Crippen molar-refractivity contribution >= 4 is 16.0 Å². The topological polar surface area (TPSA) is 96.4 Å². The number of pyridine rings is 1. The van der Waals surface area contributed by atoms with Gasteiger partial charge in [0.2, 0.25) is 10.0 Å². The highest BCUT2D eigenvalue weighted by atomic mass is 32.2. The maximum Gasteiger partial charge on any atom is 0.354 e. The fourth-order valence-electron chi connectivity index (χ4n) is 1.31. The second-order valence-corrected chi connectivity index (χ2v) is 6.61. The molecule has 0 bridgehead atoms. The Labute approximate surface area is 112 Å². The Morgan fingerprint density at radius 1 is 1.42 bits per heavy atom. The van der Waals surface area contributed by atoms with Gasteiger partial charge in [0.25, 0.3) is 0 Å². The third-order valence-electron chi connectivity index (χ3n) is 2.50. The molecule has 1 heterocycles. The van der Waals surface area contributed by atoms with Crippen LogP contribution in [0.3, 0.4) is 0 Å². The van der Waals surface area contributed by atoms with Crippen LogP contribution in [0.4, 0.5) is 0 Å². The zero-order chi connectivity index (χ0) is 14.5. The van der Waals surface area contributed by atoms with E-state index < -0.39 is 16.0 Å². The van der Waals surface area contributed by atoms with Gasteiger partial charge in [-0.1, -0.05) is 19.9 Å². The van der Waals surface area contributed by atoms with Crippen LogP contribution in [0.5, 0.6) is 0 Å². The van der Waals surface area contributed by atoms with Crippen molar-refractivity contribution in [3.8, 4) is 0 Å². The summed E-state index contributed by atoms with van der Waals surface area (Å²) in [6.07, 6.45) is 1.96. The first-order valence-electron chi connectivity index (χ1n) is 5.96. The number of aromatic nitrogens is 1. The zero-order valence-electron chi connectivity index (χ0n) is 11.0. The van der Waals surface area contributed by atoms with E-state index in [-0.39, 0.29) is 18.0 Å². The van der Waals surface area contributed by atoms with Crippen molar-refractivity contribution in [3.05, 3.63) is 29.6 Å². The van der Waals surface area contributed by atoms with Crippen LogP contribution in [0, 0.1) is 5.92 Å². The largest absolute Gasteiger partial charge is 0.477 e. The Morgan fingerprint density at radius 3 is 2.58 bits per heavy atom. The molecule has 0 aliphatic heterocycles. The number of carboxylic acids is 1. The first kappa shape index (κ1) is 15.6. The minimum atomic E-state index is -3.30. The van der Waals surface area contributed by atoms with Crippen molar-refractivity contribution in [2.24, 2.45) is 5.92 Å². The first-order valence-corrected chi connectivity index (χ1v) is 7.61. The first-order chi connectivity index (χ1) is 8.80. The van der Waals surface area contributed by atoms with Crippen LogP contribution in [0.2, 0.25) is 0 Å². The Hall–Kier alpha value is -1.47. The highest BCUT2D eigenvalue weighted by Gasteiger charge is 2.11. The molecular formula is C12H18N2O4S. The highest BCUT2D eigenvalue weighted by molar-refractivity contribution is 7.89. The van der Waals surface area contributed by atoms with Gasteiger partial charge in [0.05, 0.1) is 5.75 Å². The van der Waals surface area contributed by atoms with E-state index in [9.17, 15) is 13.2 Å². The van der Waals surface area contributed by atoms with Gasteiger partial charge in [0.15, 0.2) is 0 Å². The maximum atomic E-state index is 11.7. The van der Waals surface area contributed by atoms with Gasteiger partial charge in [0, 0.05) is 12.7 Å². The normalized spacial score (nSPS) is 11.7. The number of carboxylic acid groups (broad SMARTS) is 1. The summed E-state index contributed by atoms with van der Waals surface area (Å²) >= 11 is 0. The minimum Gasteiger partial charge on any atom is -0.477 e. The predicted molar refractivity (Wildman–Crippen MR) is 71.3 cm³/mol. The van der Waals surface area contributed by atoms with Crippen molar-refractivity contribution in [1.82, 2.24) is 9.71 Å². The summed E-state index contributed by atoms with van der Waals surface area (Å²) < 4.78 is 25.8. The van der Waals surface area contributed by atoms with Crippen LogP contribution in [-0.4, -0.2) is 30.2 Å². The van der Waals surface area contributed by atoms with Crippen LogP contribution < -0.4 is 4.72 Å². The third-order valence-corrected chi connectivity index (χ3v) is 3.86. The Balaban J connectivity index is 2.54. The molecule has 0 saturated carbocycles. The summed E-state index contributed by atoms with van der Waals surface area (Å²) in [4.78, 5) is 14.3. The van der Waals surface area contributed by atoms with Crippen LogP contribution in [0.15, 0.2) is 18.3 Å². The number of rotatable bonds is 7. The second kappa shape index (κ2) is 6.63. The predicted octanol–water partition coefficient (Wildman–Crippen LogP) is 1.25. The van der Waals surface area contributed by atoms with E-state index in [1.54, 1.807) is 6.07 Å². The van der Waals surface area contributed by atoms with Crippen molar-refractivity contribution in [2.75, 3.05) is 5.75 Å². The van der Waals surface area contributed by atoms with E-state index in [0.717, 1.165) is 0 Å². The van der Waals surface area contributed by atoms with Gasteiger partial charge in [-0.2, -0.15) is 0 Å². The molecule has 2 N–H and O–H groups in total. The van der Waals surface area contributed by atoms with Gasteiger partial charge < -0.3 is 5.11 Å². The summed E-state index contributed by atoms with van der Waals surface area (Å²) in [6.45, 7) is 4.04. The Bertz CT molecular complexity index is 523. The quantitative estimate of drug-likeness (QED) is 0.786. The lowest BCUT2D eigenvalue weighted by molar-refractivity contribution is 0.0690. The fraction of sp³-hybridized carbons (Fsp3) is 0.500. The van der Waals surface area contributed by atoms with Crippen LogP contribution in [-0.2, 0) is 16.6 Å². The van der Waals surface area contributed by atoms with Crippen molar-refractivity contribution in [3.63, 3.8) is 0 Å². The summed E-state index contributed by atoms with van der Waals surface area (Å²) in [5.74, 6) is -0.692. The molecule has 6 nitrogen and oxygen atoms in total.